The first-order valence-electron chi connectivity index (χ1n) is 8.51. The van der Waals surface area contributed by atoms with E-state index in [1.165, 1.54) is 18.2 Å². The van der Waals surface area contributed by atoms with Gasteiger partial charge < -0.3 is 19.2 Å². The van der Waals surface area contributed by atoms with Gasteiger partial charge in [-0.25, -0.2) is 13.2 Å². The van der Waals surface area contributed by atoms with Crippen LogP contribution in [0.3, 0.4) is 0 Å². The maximum atomic E-state index is 11.7. The molecule has 1 heterocycles. The minimum absolute atomic E-state index is 0. The first-order chi connectivity index (χ1) is 14.0. The number of amides is 2. The maximum Gasteiger partial charge on any atom is 1.00 e. The van der Waals surface area contributed by atoms with Gasteiger partial charge in [-0.2, -0.15) is 0 Å². The van der Waals surface area contributed by atoms with Crippen LogP contribution < -0.4 is 29.6 Å². The number of ether oxygens (including phenoxy) is 1. The molecule has 0 spiro atoms. The molecule has 164 valence electrons. The summed E-state index contributed by atoms with van der Waals surface area (Å²) < 4.78 is 38.1. The third-order valence-electron chi connectivity index (χ3n) is 4.05. The van der Waals surface area contributed by atoms with E-state index in [-0.39, 0.29) is 71.9 Å². The van der Waals surface area contributed by atoms with Crippen LogP contribution in [0, 0.1) is 10.1 Å². The quantitative estimate of drug-likeness (QED) is 0.0895. The van der Waals surface area contributed by atoms with Crippen LogP contribution in [-0.2, 0) is 47.3 Å². The van der Waals surface area contributed by atoms with E-state index in [1.807, 2.05) is 0 Å². The first kappa shape index (κ1) is 27.1. The van der Waals surface area contributed by atoms with Gasteiger partial charge in [-0.05, 0) is 24.1 Å². The predicted octanol–water partition coefficient (Wildman–Crippen LogP) is -3.48. The molecule has 15 heteroatoms. The second kappa shape index (κ2) is 11.6. The van der Waals surface area contributed by atoms with Crippen LogP contribution in [0.2, 0.25) is 0 Å². The number of rotatable bonds is 10. The molecule has 1 aliphatic heterocycles. The molecule has 31 heavy (non-hydrogen) atoms. The molecule has 1 saturated heterocycles. The van der Waals surface area contributed by atoms with Gasteiger partial charge in [0.15, 0.2) is 0 Å². The summed E-state index contributed by atoms with van der Waals surface area (Å²) in [6.45, 7) is -0.412. The van der Waals surface area contributed by atoms with Crippen LogP contribution in [0.25, 0.3) is 0 Å². The van der Waals surface area contributed by atoms with Crippen molar-refractivity contribution >= 4 is 33.6 Å². The van der Waals surface area contributed by atoms with Crippen molar-refractivity contribution in [2.24, 2.45) is 0 Å². The topological polar surface area (TPSA) is 193 Å². The average molecular weight is 468 g/mol. The van der Waals surface area contributed by atoms with Crippen molar-refractivity contribution in [3.05, 3.63) is 39.4 Å². The van der Waals surface area contributed by atoms with Gasteiger partial charge in [-0.3, -0.25) is 19.7 Å². The predicted molar refractivity (Wildman–Crippen MR) is 94.0 cm³/mol. The maximum absolute atomic E-state index is 11.7. The molecular formula is C16H17N2NaO11S. The molecule has 2 amide bonds. The molecule has 0 bridgehead atoms. The zero-order valence-corrected chi connectivity index (χ0v) is 19.2. The molecule has 1 aromatic carbocycles. The van der Waals surface area contributed by atoms with Gasteiger partial charge in [0.1, 0.15) is 15.4 Å². The van der Waals surface area contributed by atoms with Crippen LogP contribution >= 0.6 is 0 Å². The monoisotopic (exact) mass is 468 g/mol. The fourth-order valence-corrected chi connectivity index (χ4v) is 3.28. The second-order valence-electron chi connectivity index (χ2n) is 6.21. The Hall–Kier alpha value is -1.94. The number of nitro groups is 1. The number of hydroxylamine groups is 2. The normalized spacial score (nSPS) is 16.2. The van der Waals surface area contributed by atoms with E-state index in [1.54, 1.807) is 0 Å². The Morgan fingerprint density at radius 1 is 1.32 bits per heavy atom. The van der Waals surface area contributed by atoms with Crippen LogP contribution in [0.1, 0.15) is 30.4 Å². The van der Waals surface area contributed by atoms with Crippen LogP contribution in [0.5, 0.6) is 0 Å². The third kappa shape index (κ3) is 7.31. The van der Waals surface area contributed by atoms with Crippen molar-refractivity contribution < 1.29 is 76.5 Å². The summed E-state index contributed by atoms with van der Waals surface area (Å²) in [5.74, 6) is -3.51. The van der Waals surface area contributed by atoms with Crippen molar-refractivity contribution in [1.82, 2.24) is 5.06 Å². The van der Waals surface area contributed by atoms with Gasteiger partial charge in [0.25, 0.3) is 17.5 Å². The van der Waals surface area contributed by atoms with Crippen molar-refractivity contribution in [3.63, 3.8) is 0 Å². The number of carbonyl (C=O) groups excluding carboxylic acids is 3. The molecule has 1 aromatic rings. The molecule has 0 radical (unpaired) electrons. The zero-order chi connectivity index (χ0) is 22.5. The Kier molecular flexibility index (Phi) is 10.2. The summed E-state index contributed by atoms with van der Waals surface area (Å²) in [5.41, 5.74) is 0.468. The molecule has 0 aromatic heterocycles. The fourth-order valence-electron chi connectivity index (χ4n) is 2.59. The molecule has 1 unspecified atom stereocenters. The van der Waals surface area contributed by atoms with Crippen molar-refractivity contribution in [2.75, 3.05) is 6.61 Å². The Balaban J connectivity index is 0.00000480. The summed E-state index contributed by atoms with van der Waals surface area (Å²) in [6, 6.07) is 4.11. The Morgan fingerprint density at radius 2 is 2.00 bits per heavy atom. The van der Waals surface area contributed by atoms with Gasteiger partial charge in [-0.15, -0.1) is 5.06 Å². The molecular weight excluding hydrogens is 451 g/mol. The van der Waals surface area contributed by atoms with Gasteiger partial charge in [0, 0.05) is 12.7 Å². The number of aliphatic hydroxyl groups is 1. The van der Waals surface area contributed by atoms with Gasteiger partial charge in [0.05, 0.1) is 36.5 Å². The number of aliphatic hydroxyl groups excluding tert-OH is 1. The second-order valence-corrected chi connectivity index (χ2v) is 7.76. The van der Waals surface area contributed by atoms with E-state index in [0.29, 0.717) is 5.56 Å². The Labute approximate surface area is 198 Å². The summed E-state index contributed by atoms with van der Waals surface area (Å²) in [4.78, 5) is 49.7. The molecule has 2 rings (SSSR count). The fraction of sp³-hybridized carbons (Fsp3) is 0.438. The number of benzene rings is 1. The number of imide groups is 1. The van der Waals surface area contributed by atoms with Crippen molar-refractivity contribution in [1.29, 1.82) is 0 Å². The van der Waals surface area contributed by atoms with Crippen LogP contribution in [0.4, 0.5) is 5.69 Å². The third-order valence-corrected chi connectivity index (χ3v) is 5.12. The number of hydrogen-bond donors (Lipinski definition) is 1. The largest absolute Gasteiger partial charge is 1.00 e. The number of carbonyl (C=O) groups is 3. The zero-order valence-electron chi connectivity index (χ0n) is 16.4. The molecule has 1 fully saturated rings. The molecule has 0 saturated carbocycles. The summed E-state index contributed by atoms with van der Waals surface area (Å²) in [5, 5.41) is 17.9. The van der Waals surface area contributed by atoms with E-state index in [9.17, 15) is 42.6 Å². The van der Waals surface area contributed by atoms with E-state index in [4.69, 9.17) is 4.74 Å². The first-order valence-corrected chi connectivity index (χ1v) is 9.98. The smallest absolute Gasteiger partial charge is 0.747 e. The van der Waals surface area contributed by atoms with Crippen molar-refractivity contribution in [2.45, 2.75) is 37.7 Å². The number of nitro benzene ring substituents is 1. The van der Waals surface area contributed by atoms with Crippen LogP contribution in [0.15, 0.2) is 18.2 Å². The van der Waals surface area contributed by atoms with E-state index in [0.717, 1.165) is 0 Å². The van der Waals surface area contributed by atoms with E-state index in [2.05, 4.69) is 4.84 Å². The number of nitrogens with zero attached hydrogens (tertiary/aromatic N) is 2. The minimum Gasteiger partial charge on any atom is -0.747 e. The number of hydrogen-bond acceptors (Lipinski definition) is 11. The van der Waals surface area contributed by atoms with Gasteiger partial charge >= 0.3 is 35.5 Å². The van der Waals surface area contributed by atoms with Crippen LogP contribution in [-0.4, -0.2) is 57.7 Å². The standard InChI is InChI=1S/C16H18N2O11S.Na/c19-8-11-6-10(3-4-12(11)18(23)24)9-28-5-1-2-15(21)29-17-14(20)7-13(16(17)22)30(25,26)27;/h3-4,6,13,19H,1-2,5,7-9H2,(H,25,26,27);/q;+1/p-1. The summed E-state index contributed by atoms with van der Waals surface area (Å²) in [6.07, 6.45) is -1.03. The molecule has 1 N–H and O–H groups in total. The summed E-state index contributed by atoms with van der Waals surface area (Å²) in [7, 11) is -5.04. The Bertz CT molecular complexity index is 966. The SMILES string of the molecule is O=C(CCCOCc1ccc([N+](=O)[O-])c(CO)c1)ON1C(=O)CC(S(=O)(=O)[O-])C1=O.[Na+]. The molecule has 0 aliphatic carbocycles. The Morgan fingerprint density at radius 3 is 2.55 bits per heavy atom. The minimum atomic E-state index is -5.04. The van der Waals surface area contributed by atoms with E-state index >= 15 is 0 Å². The van der Waals surface area contributed by atoms with Gasteiger partial charge in [-0.1, -0.05) is 0 Å². The molecule has 1 aliphatic rings. The summed E-state index contributed by atoms with van der Waals surface area (Å²) >= 11 is 0. The van der Waals surface area contributed by atoms with E-state index < -0.39 is 51.1 Å². The average Bonchev–Trinajstić information content (AvgIpc) is 2.95. The van der Waals surface area contributed by atoms with Gasteiger partial charge in [0.2, 0.25) is 0 Å². The molecule has 13 nitrogen and oxygen atoms in total. The van der Waals surface area contributed by atoms with Crippen molar-refractivity contribution in [3.8, 4) is 0 Å². The molecule has 1 atom stereocenters.